The van der Waals surface area contributed by atoms with Gasteiger partial charge in [-0.15, -0.1) is 0 Å². The Morgan fingerprint density at radius 1 is 1.22 bits per heavy atom. The Labute approximate surface area is 110 Å². The maximum atomic E-state index is 9.30. The fourth-order valence-corrected chi connectivity index (χ4v) is 3.86. The van der Waals surface area contributed by atoms with E-state index in [9.17, 15) is 5.11 Å². The minimum atomic E-state index is 0.389. The van der Waals surface area contributed by atoms with E-state index in [0.717, 1.165) is 6.54 Å². The van der Waals surface area contributed by atoms with Crippen LogP contribution in [0.4, 0.5) is 0 Å². The number of aliphatic hydroxyl groups excluding tert-OH is 1. The molecule has 2 atom stereocenters. The van der Waals surface area contributed by atoms with Gasteiger partial charge in [-0.2, -0.15) is 0 Å². The molecule has 1 N–H and O–H groups in total. The first kappa shape index (κ1) is 12.2. The highest BCUT2D eigenvalue weighted by Crippen LogP contribution is 2.48. The first-order chi connectivity index (χ1) is 8.80. The average molecular weight is 245 g/mol. The number of likely N-dealkylation sites (tertiary alicyclic amines) is 1. The van der Waals surface area contributed by atoms with E-state index >= 15 is 0 Å². The third-order valence-electron chi connectivity index (χ3n) is 4.83. The Balaban J connectivity index is 1.59. The maximum Gasteiger partial charge on any atom is 0.0459 e. The summed E-state index contributed by atoms with van der Waals surface area (Å²) in [6, 6.07) is 10.8. The predicted octanol–water partition coefficient (Wildman–Crippen LogP) is 2.67. The van der Waals surface area contributed by atoms with E-state index in [1.165, 1.54) is 44.3 Å². The highest BCUT2D eigenvalue weighted by Gasteiger charge is 2.43. The Hall–Kier alpha value is -0.860. The van der Waals surface area contributed by atoms with Gasteiger partial charge in [-0.1, -0.05) is 30.3 Å². The van der Waals surface area contributed by atoms with Gasteiger partial charge in [-0.05, 0) is 49.1 Å². The SMILES string of the molecule is OC[C@@H]1CC[C@@]2(CCN(Cc3ccccc3)C2)C1. The lowest BCUT2D eigenvalue weighted by Crippen LogP contribution is -2.25. The smallest absolute Gasteiger partial charge is 0.0459 e. The zero-order valence-corrected chi connectivity index (χ0v) is 11.0. The van der Waals surface area contributed by atoms with Crippen LogP contribution < -0.4 is 0 Å². The molecule has 1 aromatic carbocycles. The van der Waals surface area contributed by atoms with Crippen LogP contribution in [0.3, 0.4) is 0 Å². The fourth-order valence-electron chi connectivity index (χ4n) is 3.86. The lowest BCUT2D eigenvalue weighted by atomic mass is 9.84. The third kappa shape index (κ3) is 2.45. The third-order valence-corrected chi connectivity index (χ3v) is 4.83. The van der Waals surface area contributed by atoms with E-state index < -0.39 is 0 Å². The summed E-state index contributed by atoms with van der Waals surface area (Å²) in [5.41, 5.74) is 1.95. The van der Waals surface area contributed by atoms with Crippen LogP contribution in [-0.4, -0.2) is 29.7 Å². The Morgan fingerprint density at radius 3 is 2.78 bits per heavy atom. The van der Waals surface area contributed by atoms with Gasteiger partial charge in [0.25, 0.3) is 0 Å². The largest absolute Gasteiger partial charge is 0.396 e. The van der Waals surface area contributed by atoms with Crippen LogP contribution in [0.2, 0.25) is 0 Å². The second-order valence-corrected chi connectivity index (χ2v) is 6.24. The van der Waals surface area contributed by atoms with E-state index in [1.54, 1.807) is 0 Å². The molecule has 0 unspecified atom stereocenters. The van der Waals surface area contributed by atoms with E-state index in [2.05, 4.69) is 35.2 Å². The number of benzene rings is 1. The van der Waals surface area contributed by atoms with Gasteiger partial charge < -0.3 is 5.11 Å². The summed E-state index contributed by atoms with van der Waals surface area (Å²) >= 11 is 0. The fraction of sp³-hybridized carbons (Fsp3) is 0.625. The molecule has 1 aliphatic heterocycles. The first-order valence-electron chi connectivity index (χ1n) is 7.17. The van der Waals surface area contributed by atoms with Crippen molar-refractivity contribution in [2.75, 3.05) is 19.7 Å². The molecule has 0 radical (unpaired) electrons. The van der Waals surface area contributed by atoms with Gasteiger partial charge in [-0.25, -0.2) is 0 Å². The summed E-state index contributed by atoms with van der Waals surface area (Å²) < 4.78 is 0. The summed E-state index contributed by atoms with van der Waals surface area (Å²) in [5.74, 6) is 0.571. The zero-order chi connectivity index (χ0) is 12.4. The van der Waals surface area contributed by atoms with Crippen molar-refractivity contribution in [3.05, 3.63) is 35.9 Å². The Bertz CT molecular complexity index is 391. The number of nitrogens with zero attached hydrogens (tertiary/aromatic N) is 1. The van der Waals surface area contributed by atoms with Crippen molar-refractivity contribution in [3.63, 3.8) is 0 Å². The van der Waals surface area contributed by atoms with Crippen molar-refractivity contribution >= 4 is 0 Å². The first-order valence-corrected chi connectivity index (χ1v) is 7.17. The molecule has 3 rings (SSSR count). The summed E-state index contributed by atoms with van der Waals surface area (Å²) in [6.45, 7) is 3.94. The van der Waals surface area contributed by atoms with Crippen molar-refractivity contribution in [3.8, 4) is 0 Å². The van der Waals surface area contributed by atoms with Crippen LogP contribution in [0.5, 0.6) is 0 Å². The van der Waals surface area contributed by atoms with Gasteiger partial charge in [0, 0.05) is 19.7 Å². The number of hydrogen-bond donors (Lipinski definition) is 1. The molecule has 0 aromatic heterocycles. The van der Waals surface area contributed by atoms with Gasteiger partial charge in [0.1, 0.15) is 0 Å². The molecule has 2 heteroatoms. The van der Waals surface area contributed by atoms with Crippen molar-refractivity contribution in [1.82, 2.24) is 4.90 Å². The average Bonchev–Trinajstić information content (AvgIpc) is 2.99. The molecule has 1 aromatic rings. The highest BCUT2D eigenvalue weighted by atomic mass is 16.3. The van der Waals surface area contributed by atoms with Crippen molar-refractivity contribution < 1.29 is 5.11 Å². The van der Waals surface area contributed by atoms with Gasteiger partial charge in [-0.3, -0.25) is 4.90 Å². The standard InChI is InChI=1S/C16H23NO/c18-12-15-6-7-16(10-15)8-9-17(13-16)11-14-4-2-1-3-5-14/h1-5,15,18H,6-13H2/t15-,16-/m1/s1. The second-order valence-electron chi connectivity index (χ2n) is 6.24. The molecule has 1 heterocycles. The summed E-state index contributed by atoms with van der Waals surface area (Å²) in [4.78, 5) is 2.59. The number of rotatable bonds is 3. The number of hydrogen-bond acceptors (Lipinski definition) is 2. The molecule has 1 saturated heterocycles. The minimum Gasteiger partial charge on any atom is -0.396 e. The van der Waals surface area contributed by atoms with Crippen molar-refractivity contribution in [2.45, 2.75) is 32.2 Å². The van der Waals surface area contributed by atoms with Crippen LogP contribution in [0.1, 0.15) is 31.2 Å². The van der Waals surface area contributed by atoms with Crippen LogP contribution in [0, 0.1) is 11.3 Å². The molecule has 1 saturated carbocycles. The number of aliphatic hydroxyl groups is 1. The molecule has 0 amide bonds. The lowest BCUT2D eigenvalue weighted by molar-refractivity contribution is 0.203. The lowest BCUT2D eigenvalue weighted by Gasteiger charge is -2.24. The van der Waals surface area contributed by atoms with Gasteiger partial charge in [0.05, 0.1) is 0 Å². The van der Waals surface area contributed by atoms with Crippen molar-refractivity contribution in [1.29, 1.82) is 0 Å². The summed E-state index contributed by atoms with van der Waals surface area (Å²) in [7, 11) is 0. The molecule has 98 valence electrons. The predicted molar refractivity (Wildman–Crippen MR) is 73.2 cm³/mol. The van der Waals surface area contributed by atoms with Gasteiger partial charge in [0.15, 0.2) is 0 Å². The molecular formula is C16H23NO. The van der Waals surface area contributed by atoms with E-state index in [-0.39, 0.29) is 0 Å². The molecule has 0 bridgehead atoms. The molecule has 2 fully saturated rings. The van der Waals surface area contributed by atoms with Crippen LogP contribution >= 0.6 is 0 Å². The van der Waals surface area contributed by atoms with E-state index in [0.29, 0.717) is 17.9 Å². The van der Waals surface area contributed by atoms with E-state index in [1.807, 2.05) is 0 Å². The Morgan fingerprint density at radius 2 is 2.06 bits per heavy atom. The van der Waals surface area contributed by atoms with Crippen LogP contribution in [0.25, 0.3) is 0 Å². The maximum absolute atomic E-state index is 9.30. The molecule has 18 heavy (non-hydrogen) atoms. The van der Waals surface area contributed by atoms with Crippen molar-refractivity contribution in [2.24, 2.45) is 11.3 Å². The van der Waals surface area contributed by atoms with Crippen LogP contribution in [-0.2, 0) is 6.54 Å². The summed E-state index contributed by atoms with van der Waals surface area (Å²) in [6.07, 6.45) is 5.13. The quantitative estimate of drug-likeness (QED) is 0.885. The highest BCUT2D eigenvalue weighted by molar-refractivity contribution is 5.15. The minimum absolute atomic E-state index is 0.389. The van der Waals surface area contributed by atoms with Gasteiger partial charge >= 0.3 is 0 Å². The topological polar surface area (TPSA) is 23.5 Å². The summed E-state index contributed by atoms with van der Waals surface area (Å²) in [5, 5.41) is 9.30. The van der Waals surface area contributed by atoms with Crippen LogP contribution in [0.15, 0.2) is 30.3 Å². The van der Waals surface area contributed by atoms with E-state index in [4.69, 9.17) is 0 Å². The molecule has 2 nitrogen and oxygen atoms in total. The molecule has 2 aliphatic rings. The second kappa shape index (κ2) is 5.02. The molecular weight excluding hydrogens is 222 g/mol. The molecule has 1 spiro atoms. The molecule has 1 aliphatic carbocycles. The zero-order valence-electron chi connectivity index (χ0n) is 11.0. The van der Waals surface area contributed by atoms with Gasteiger partial charge in [0.2, 0.25) is 0 Å². The monoisotopic (exact) mass is 245 g/mol. The normalized spacial score (nSPS) is 32.4. The Kier molecular flexibility index (Phi) is 3.40.